The van der Waals surface area contributed by atoms with Gasteiger partial charge in [0.05, 0.1) is 0 Å². The summed E-state index contributed by atoms with van der Waals surface area (Å²) in [5, 5.41) is 6.95. The van der Waals surface area contributed by atoms with Crippen LogP contribution in [-0.4, -0.2) is 67.6 Å². The van der Waals surface area contributed by atoms with Gasteiger partial charge in [-0.2, -0.15) is 0 Å². The number of likely N-dealkylation sites (tertiary alicyclic amines) is 2. The first-order valence-electron chi connectivity index (χ1n) is 11.4. The second-order valence-corrected chi connectivity index (χ2v) is 8.34. The van der Waals surface area contributed by atoms with Crippen molar-refractivity contribution < 1.29 is 4.39 Å². The molecular formula is C23H39FIN5. The lowest BCUT2D eigenvalue weighted by molar-refractivity contribution is 0.179. The Kier molecular flexibility index (Phi) is 11.4. The fourth-order valence-electron chi connectivity index (χ4n) is 4.51. The predicted octanol–water partition coefficient (Wildman–Crippen LogP) is 3.70. The van der Waals surface area contributed by atoms with Gasteiger partial charge < -0.3 is 10.6 Å². The van der Waals surface area contributed by atoms with Crippen molar-refractivity contribution in [2.45, 2.75) is 52.1 Å². The van der Waals surface area contributed by atoms with Crippen LogP contribution in [0.3, 0.4) is 0 Å². The Morgan fingerprint density at radius 3 is 2.57 bits per heavy atom. The van der Waals surface area contributed by atoms with Crippen molar-refractivity contribution in [2.75, 3.05) is 45.8 Å². The van der Waals surface area contributed by atoms with E-state index < -0.39 is 0 Å². The third kappa shape index (κ3) is 7.64. The van der Waals surface area contributed by atoms with Crippen LogP contribution in [0.25, 0.3) is 0 Å². The van der Waals surface area contributed by atoms with E-state index >= 15 is 0 Å². The van der Waals surface area contributed by atoms with E-state index in [0.717, 1.165) is 63.6 Å². The summed E-state index contributed by atoms with van der Waals surface area (Å²) < 4.78 is 13.9. The van der Waals surface area contributed by atoms with Gasteiger partial charge in [0.15, 0.2) is 5.96 Å². The zero-order valence-corrected chi connectivity index (χ0v) is 20.9. The normalized spacial score (nSPS) is 21.4. The Morgan fingerprint density at radius 1 is 1.10 bits per heavy atom. The molecule has 2 aliphatic heterocycles. The van der Waals surface area contributed by atoms with E-state index in [-0.39, 0.29) is 29.8 Å². The van der Waals surface area contributed by atoms with Crippen LogP contribution in [0, 0.1) is 11.7 Å². The molecule has 1 atom stereocenters. The fourth-order valence-corrected chi connectivity index (χ4v) is 4.51. The standard InChI is InChI=1S/C23H38FN5.HI/c1-3-25-23(27-17-21-9-7-13-29(21)4-2)26-16-19-11-14-28(15-12-19)18-20-8-5-6-10-22(20)24;/h5-6,8,10,19,21H,3-4,7,9,11-18H2,1-2H3,(H2,25,26,27);1H. The Labute approximate surface area is 198 Å². The molecule has 0 spiro atoms. The van der Waals surface area contributed by atoms with Gasteiger partial charge in [0.1, 0.15) is 5.82 Å². The molecule has 5 nitrogen and oxygen atoms in total. The molecule has 0 aliphatic carbocycles. The van der Waals surface area contributed by atoms with Crippen molar-refractivity contribution in [1.82, 2.24) is 20.4 Å². The third-order valence-corrected chi connectivity index (χ3v) is 6.32. The molecule has 2 heterocycles. The Balaban J connectivity index is 0.00000320. The summed E-state index contributed by atoms with van der Waals surface area (Å²) >= 11 is 0. The number of benzene rings is 1. The number of hydrogen-bond acceptors (Lipinski definition) is 3. The highest BCUT2D eigenvalue weighted by Gasteiger charge is 2.23. The Hall–Kier alpha value is -0.930. The first-order chi connectivity index (χ1) is 14.2. The van der Waals surface area contributed by atoms with Crippen LogP contribution in [-0.2, 0) is 6.54 Å². The van der Waals surface area contributed by atoms with Gasteiger partial charge >= 0.3 is 0 Å². The molecule has 1 unspecified atom stereocenters. The number of nitrogens with one attached hydrogen (secondary N) is 2. The monoisotopic (exact) mass is 531 g/mol. The van der Waals surface area contributed by atoms with Crippen molar-refractivity contribution >= 4 is 29.9 Å². The van der Waals surface area contributed by atoms with Gasteiger partial charge in [-0.05, 0) is 70.8 Å². The molecule has 7 heteroatoms. The molecule has 2 saturated heterocycles. The fraction of sp³-hybridized carbons (Fsp3) is 0.696. The molecule has 0 saturated carbocycles. The van der Waals surface area contributed by atoms with E-state index in [1.54, 1.807) is 12.1 Å². The molecule has 0 amide bonds. The highest BCUT2D eigenvalue weighted by molar-refractivity contribution is 14.0. The number of hydrogen-bond donors (Lipinski definition) is 2. The maximum absolute atomic E-state index is 13.9. The van der Waals surface area contributed by atoms with Crippen LogP contribution in [0.5, 0.6) is 0 Å². The molecular weight excluding hydrogens is 492 g/mol. The van der Waals surface area contributed by atoms with Crippen molar-refractivity contribution in [3.8, 4) is 0 Å². The number of rotatable bonds is 8. The van der Waals surface area contributed by atoms with E-state index in [4.69, 9.17) is 4.99 Å². The molecule has 0 aromatic heterocycles. The maximum atomic E-state index is 13.9. The van der Waals surface area contributed by atoms with Crippen molar-refractivity contribution in [2.24, 2.45) is 10.9 Å². The highest BCUT2D eigenvalue weighted by atomic mass is 127. The van der Waals surface area contributed by atoms with Crippen LogP contribution >= 0.6 is 24.0 Å². The molecule has 0 radical (unpaired) electrons. The predicted molar refractivity (Wildman–Crippen MR) is 134 cm³/mol. The van der Waals surface area contributed by atoms with Gasteiger partial charge in [0.25, 0.3) is 0 Å². The van der Waals surface area contributed by atoms with E-state index in [1.165, 1.54) is 19.4 Å². The number of halogens is 2. The summed E-state index contributed by atoms with van der Waals surface area (Å²) in [5.41, 5.74) is 0.802. The van der Waals surface area contributed by atoms with Gasteiger partial charge in [-0.3, -0.25) is 14.8 Å². The summed E-state index contributed by atoms with van der Waals surface area (Å²) in [6, 6.07) is 7.75. The second kappa shape index (κ2) is 13.5. The molecule has 170 valence electrons. The molecule has 2 fully saturated rings. The van der Waals surface area contributed by atoms with Crippen molar-refractivity contribution in [3.63, 3.8) is 0 Å². The van der Waals surface area contributed by atoms with E-state index in [2.05, 4.69) is 34.3 Å². The third-order valence-electron chi connectivity index (χ3n) is 6.32. The average molecular weight is 532 g/mol. The molecule has 0 bridgehead atoms. The first-order valence-corrected chi connectivity index (χ1v) is 11.4. The van der Waals surface area contributed by atoms with Gasteiger partial charge in [-0.1, -0.05) is 25.1 Å². The largest absolute Gasteiger partial charge is 0.357 e. The van der Waals surface area contributed by atoms with E-state index in [1.807, 2.05) is 12.1 Å². The first kappa shape index (κ1) is 25.3. The van der Waals surface area contributed by atoms with Crippen molar-refractivity contribution in [3.05, 3.63) is 35.6 Å². The minimum atomic E-state index is -0.0931. The average Bonchev–Trinajstić information content (AvgIpc) is 3.20. The molecule has 1 aromatic carbocycles. The number of aliphatic imine (C=N–C) groups is 1. The molecule has 1 aromatic rings. The lowest BCUT2D eigenvalue weighted by Crippen LogP contribution is -2.45. The van der Waals surface area contributed by atoms with Gasteiger partial charge in [-0.25, -0.2) is 4.39 Å². The zero-order chi connectivity index (χ0) is 20.5. The minimum absolute atomic E-state index is 0. The van der Waals surface area contributed by atoms with Crippen LogP contribution < -0.4 is 10.6 Å². The molecule has 2 aliphatic rings. The van der Waals surface area contributed by atoms with E-state index in [9.17, 15) is 4.39 Å². The second-order valence-electron chi connectivity index (χ2n) is 8.34. The Morgan fingerprint density at radius 2 is 1.87 bits per heavy atom. The van der Waals surface area contributed by atoms with Gasteiger partial charge in [-0.15, -0.1) is 24.0 Å². The molecule has 2 N–H and O–H groups in total. The van der Waals surface area contributed by atoms with Gasteiger partial charge in [0.2, 0.25) is 0 Å². The molecule has 3 rings (SSSR count). The Bertz CT molecular complexity index is 648. The van der Waals surface area contributed by atoms with Crippen LogP contribution in [0.2, 0.25) is 0 Å². The minimum Gasteiger partial charge on any atom is -0.357 e. The zero-order valence-electron chi connectivity index (χ0n) is 18.6. The van der Waals surface area contributed by atoms with Crippen molar-refractivity contribution in [1.29, 1.82) is 0 Å². The van der Waals surface area contributed by atoms with Crippen LogP contribution in [0.4, 0.5) is 4.39 Å². The smallest absolute Gasteiger partial charge is 0.191 e. The summed E-state index contributed by atoms with van der Waals surface area (Å²) in [6.07, 6.45) is 4.84. The molecule has 30 heavy (non-hydrogen) atoms. The number of nitrogens with zero attached hydrogens (tertiary/aromatic N) is 3. The maximum Gasteiger partial charge on any atom is 0.191 e. The number of piperidine rings is 1. The number of likely N-dealkylation sites (N-methyl/N-ethyl adjacent to an activating group) is 1. The summed E-state index contributed by atoms with van der Waals surface area (Å²) in [4.78, 5) is 9.79. The SMILES string of the molecule is CCNC(=NCC1CCN(Cc2ccccc2F)CC1)NCC1CCCN1CC.I. The van der Waals surface area contributed by atoms with E-state index in [0.29, 0.717) is 18.5 Å². The summed E-state index contributed by atoms with van der Waals surface area (Å²) in [7, 11) is 0. The highest BCUT2D eigenvalue weighted by Crippen LogP contribution is 2.20. The van der Waals surface area contributed by atoms with Crippen LogP contribution in [0.15, 0.2) is 29.3 Å². The summed E-state index contributed by atoms with van der Waals surface area (Å²) in [5.74, 6) is 1.47. The van der Waals surface area contributed by atoms with Gasteiger partial charge in [0, 0.05) is 37.8 Å². The topological polar surface area (TPSA) is 42.9 Å². The number of guanidine groups is 1. The lowest BCUT2D eigenvalue weighted by Gasteiger charge is -2.31. The van der Waals surface area contributed by atoms with Crippen LogP contribution in [0.1, 0.15) is 45.1 Å². The summed E-state index contributed by atoms with van der Waals surface area (Å²) in [6.45, 7) is 12.2. The quantitative estimate of drug-likeness (QED) is 0.305. The lowest BCUT2D eigenvalue weighted by atomic mass is 9.96.